The van der Waals surface area contributed by atoms with Gasteiger partial charge in [0, 0.05) is 0 Å². The molecule has 4 fully saturated rings. The van der Waals surface area contributed by atoms with Crippen LogP contribution in [0.4, 0.5) is 0 Å². The lowest BCUT2D eigenvalue weighted by atomic mass is 9.42. The number of aliphatic hydroxyl groups is 1. The van der Waals surface area contributed by atoms with Crippen LogP contribution in [0.5, 0.6) is 0 Å². The molecule has 24 heavy (non-hydrogen) atoms. The molecule has 4 aliphatic carbocycles. The first-order chi connectivity index (χ1) is 11.2. The maximum atomic E-state index is 10.6. The summed E-state index contributed by atoms with van der Waals surface area (Å²) < 4.78 is 0. The van der Waals surface area contributed by atoms with E-state index in [-0.39, 0.29) is 11.3 Å². The molecule has 0 saturated heterocycles. The summed E-state index contributed by atoms with van der Waals surface area (Å²) in [7, 11) is 0. The van der Waals surface area contributed by atoms with Gasteiger partial charge in [0.15, 0.2) is 0 Å². The normalized spacial score (nSPS) is 59.8. The van der Waals surface area contributed by atoms with Crippen molar-refractivity contribution < 1.29 is 5.11 Å². The van der Waals surface area contributed by atoms with Crippen LogP contribution in [0.2, 0.25) is 0 Å². The molecule has 1 N–H and O–H groups in total. The number of nitriles is 1. The molecule has 0 amide bonds. The van der Waals surface area contributed by atoms with Crippen molar-refractivity contribution in [1.29, 1.82) is 5.26 Å². The summed E-state index contributed by atoms with van der Waals surface area (Å²) in [5, 5.41) is 20.3. The van der Waals surface area contributed by atoms with Gasteiger partial charge in [0.2, 0.25) is 0 Å². The highest BCUT2D eigenvalue weighted by molar-refractivity contribution is 5.14. The highest BCUT2D eigenvalue weighted by atomic mass is 16.3. The fraction of sp³-hybridized carbons (Fsp3) is 0.955. The third-order valence-electron chi connectivity index (χ3n) is 9.47. The molecule has 0 aromatic rings. The van der Waals surface area contributed by atoms with E-state index in [9.17, 15) is 10.4 Å². The zero-order valence-electron chi connectivity index (χ0n) is 16.0. The van der Waals surface area contributed by atoms with Gasteiger partial charge in [-0.1, -0.05) is 20.8 Å². The average Bonchev–Trinajstić information content (AvgIpc) is 2.85. The van der Waals surface area contributed by atoms with Crippen LogP contribution in [0.25, 0.3) is 0 Å². The van der Waals surface area contributed by atoms with Crippen LogP contribution in [0, 0.1) is 57.7 Å². The van der Waals surface area contributed by atoms with E-state index < -0.39 is 5.60 Å². The minimum atomic E-state index is -0.445. The summed E-state index contributed by atoms with van der Waals surface area (Å²) in [4.78, 5) is 0. The number of hydrogen-bond acceptors (Lipinski definition) is 2. The topological polar surface area (TPSA) is 44.0 Å². The fourth-order valence-electron chi connectivity index (χ4n) is 8.03. The van der Waals surface area contributed by atoms with E-state index in [1.54, 1.807) is 0 Å². The van der Waals surface area contributed by atoms with Crippen LogP contribution in [0.1, 0.15) is 79.1 Å². The predicted molar refractivity (Wildman–Crippen MR) is 96.0 cm³/mol. The maximum Gasteiger partial charge on any atom is 0.0661 e. The second-order valence-corrected chi connectivity index (χ2v) is 10.7. The van der Waals surface area contributed by atoms with Gasteiger partial charge in [-0.25, -0.2) is 0 Å². The zero-order chi connectivity index (χ0) is 17.3. The maximum absolute atomic E-state index is 10.6. The van der Waals surface area contributed by atoms with Gasteiger partial charge in [0.05, 0.1) is 17.6 Å². The van der Waals surface area contributed by atoms with Crippen molar-refractivity contribution in [3.63, 3.8) is 0 Å². The summed E-state index contributed by atoms with van der Waals surface area (Å²) in [6.45, 7) is 9.51. The Morgan fingerprint density at radius 1 is 0.958 bits per heavy atom. The Bertz CT molecular complexity index is 563. The van der Waals surface area contributed by atoms with Gasteiger partial charge < -0.3 is 5.11 Å². The molecule has 0 aromatic carbocycles. The molecule has 2 nitrogen and oxygen atoms in total. The molecule has 0 spiro atoms. The first-order valence-electron chi connectivity index (χ1n) is 10.3. The summed E-state index contributed by atoms with van der Waals surface area (Å²) in [5.74, 6) is 4.12. The molecular formula is C22H35NO. The van der Waals surface area contributed by atoms with E-state index >= 15 is 0 Å². The van der Waals surface area contributed by atoms with E-state index in [1.807, 2.05) is 0 Å². The fourth-order valence-corrected chi connectivity index (χ4v) is 8.03. The molecule has 4 saturated carbocycles. The van der Waals surface area contributed by atoms with E-state index in [4.69, 9.17) is 0 Å². The largest absolute Gasteiger partial charge is 0.390 e. The van der Waals surface area contributed by atoms with Crippen LogP contribution < -0.4 is 0 Å². The number of nitrogens with zero attached hydrogens (tertiary/aromatic N) is 1. The Labute approximate surface area is 148 Å². The van der Waals surface area contributed by atoms with E-state index in [0.29, 0.717) is 11.3 Å². The van der Waals surface area contributed by atoms with Crippen molar-refractivity contribution in [2.75, 3.05) is 0 Å². The third-order valence-corrected chi connectivity index (χ3v) is 9.47. The zero-order valence-corrected chi connectivity index (χ0v) is 16.0. The van der Waals surface area contributed by atoms with Crippen molar-refractivity contribution in [1.82, 2.24) is 0 Å². The van der Waals surface area contributed by atoms with Crippen molar-refractivity contribution in [3.05, 3.63) is 0 Å². The molecule has 0 aliphatic heterocycles. The monoisotopic (exact) mass is 329 g/mol. The molecule has 4 rings (SSSR count). The minimum Gasteiger partial charge on any atom is -0.390 e. The molecule has 0 unspecified atom stereocenters. The molecule has 0 radical (unpaired) electrons. The molecule has 2 heteroatoms. The van der Waals surface area contributed by atoms with Crippen molar-refractivity contribution in [2.45, 2.75) is 84.7 Å². The molecule has 0 heterocycles. The second-order valence-electron chi connectivity index (χ2n) is 10.7. The summed E-state index contributed by atoms with van der Waals surface area (Å²) >= 11 is 0. The number of rotatable bonds is 0. The summed E-state index contributed by atoms with van der Waals surface area (Å²) in [6.07, 6.45) is 9.43. The van der Waals surface area contributed by atoms with E-state index in [1.165, 1.54) is 32.1 Å². The average molecular weight is 330 g/mol. The first-order valence-corrected chi connectivity index (χ1v) is 10.3. The van der Waals surface area contributed by atoms with Crippen molar-refractivity contribution >= 4 is 0 Å². The Kier molecular flexibility index (Phi) is 3.68. The molecule has 4 aliphatic rings. The summed E-state index contributed by atoms with van der Waals surface area (Å²) in [6, 6.07) is 2.66. The van der Waals surface area contributed by atoms with Gasteiger partial charge in [0.1, 0.15) is 0 Å². The van der Waals surface area contributed by atoms with Gasteiger partial charge in [-0.2, -0.15) is 5.26 Å². The number of fused-ring (bicyclic) bond motifs is 5. The lowest BCUT2D eigenvalue weighted by Gasteiger charge is -2.63. The lowest BCUT2D eigenvalue weighted by Crippen LogP contribution is -2.57. The van der Waals surface area contributed by atoms with Crippen LogP contribution in [-0.4, -0.2) is 10.7 Å². The number of hydrogen-bond donors (Lipinski definition) is 1. The van der Waals surface area contributed by atoms with Crippen LogP contribution in [-0.2, 0) is 0 Å². The Balaban J connectivity index is 1.67. The Hall–Kier alpha value is -0.550. The third kappa shape index (κ3) is 2.16. The molecule has 134 valence electrons. The predicted octanol–water partition coefficient (Wildman–Crippen LogP) is 5.17. The Morgan fingerprint density at radius 2 is 1.67 bits per heavy atom. The first kappa shape index (κ1) is 16.9. The van der Waals surface area contributed by atoms with Crippen LogP contribution >= 0.6 is 0 Å². The molecule has 0 aromatic heterocycles. The van der Waals surface area contributed by atoms with Gasteiger partial charge >= 0.3 is 0 Å². The minimum absolute atomic E-state index is 0.271. The molecule has 9 atom stereocenters. The highest BCUT2D eigenvalue weighted by Crippen LogP contribution is 2.69. The quantitative estimate of drug-likeness (QED) is 0.666. The standard InChI is InChI=1S/C22H35NO/c1-14-11-16-12-20(2,24)9-10-22(16,4)18-7-8-21(3)15(13-23)5-6-17(21)19(14)18/h14-19,24H,5-12H2,1-4H3/t14-,15+,16-,17-,18-,19-,20+,21+,22-/m0/s1. The lowest BCUT2D eigenvalue weighted by molar-refractivity contribution is -0.162. The SMILES string of the molecule is C[C@H]1C[C@H]2C[C@](C)(O)CC[C@]2(C)[C@H]2CC[C@]3(C)[C@@H](C#N)CC[C@H]3[C@H]12. The van der Waals surface area contributed by atoms with Gasteiger partial charge in [0.25, 0.3) is 0 Å². The molecular weight excluding hydrogens is 294 g/mol. The van der Waals surface area contributed by atoms with Crippen LogP contribution in [0.15, 0.2) is 0 Å². The van der Waals surface area contributed by atoms with Crippen molar-refractivity contribution in [3.8, 4) is 6.07 Å². The van der Waals surface area contributed by atoms with Gasteiger partial charge in [-0.05, 0) is 98.7 Å². The van der Waals surface area contributed by atoms with Crippen LogP contribution in [0.3, 0.4) is 0 Å². The highest BCUT2D eigenvalue weighted by Gasteiger charge is 2.62. The molecule has 0 bridgehead atoms. The summed E-state index contributed by atoms with van der Waals surface area (Å²) in [5.41, 5.74) is 0.248. The Morgan fingerprint density at radius 3 is 2.38 bits per heavy atom. The smallest absolute Gasteiger partial charge is 0.0661 e. The van der Waals surface area contributed by atoms with Gasteiger partial charge in [-0.3, -0.25) is 0 Å². The van der Waals surface area contributed by atoms with E-state index in [0.717, 1.165) is 42.9 Å². The van der Waals surface area contributed by atoms with E-state index in [2.05, 4.69) is 33.8 Å². The van der Waals surface area contributed by atoms with Gasteiger partial charge in [-0.15, -0.1) is 0 Å². The second kappa shape index (κ2) is 5.23. The van der Waals surface area contributed by atoms with Crippen molar-refractivity contribution in [2.24, 2.45) is 46.3 Å².